The number of terminal acetylenes is 1. The minimum atomic E-state index is -4.76. The van der Waals surface area contributed by atoms with E-state index in [1.54, 1.807) is 40.1 Å². The predicted octanol–water partition coefficient (Wildman–Crippen LogP) is 6.21. The monoisotopic (exact) mass is 1490 g/mol. The van der Waals surface area contributed by atoms with Crippen LogP contribution in [0.25, 0.3) is 0 Å². The lowest BCUT2D eigenvalue weighted by Crippen LogP contribution is -2.65. The topological polar surface area (TPSA) is 250 Å². The number of alkyl halides is 3. The molecule has 5 fully saturated rings. The van der Waals surface area contributed by atoms with Gasteiger partial charge in [-0.1, -0.05) is 82.2 Å². The number of hydrogen-bond donors (Lipinski definition) is 3. The Morgan fingerprint density at radius 1 is 0.670 bits per heavy atom. The minimum absolute atomic E-state index is 0.0107. The highest BCUT2D eigenvalue weighted by Gasteiger charge is 2.51. The van der Waals surface area contributed by atoms with Crippen molar-refractivity contribution in [3.05, 3.63) is 67.7 Å². The lowest BCUT2D eigenvalue weighted by Gasteiger charge is -2.45. The van der Waals surface area contributed by atoms with E-state index in [2.05, 4.69) is 44.5 Å². The molecule has 27 heteroatoms. The largest absolute Gasteiger partial charge is 0.417 e. The van der Waals surface area contributed by atoms with Gasteiger partial charge in [0.15, 0.2) is 0 Å². The van der Waals surface area contributed by atoms with E-state index in [1.165, 1.54) is 75.5 Å². The van der Waals surface area contributed by atoms with Crippen molar-refractivity contribution in [2.24, 2.45) is 11.8 Å². The lowest BCUT2D eigenvalue weighted by molar-refractivity contribution is -0.160. The molecule has 5 aliphatic rings. The second-order valence-corrected chi connectivity index (χ2v) is 28.9. The number of fused-ring (bicyclic) bond motifs is 2. The van der Waals surface area contributed by atoms with Gasteiger partial charge in [0, 0.05) is 84.3 Å². The van der Waals surface area contributed by atoms with Crippen LogP contribution in [0.15, 0.2) is 42.5 Å². The van der Waals surface area contributed by atoms with E-state index in [0.717, 1.165) is 39.9 Å². The zero-order valence-electron chi connectivity index (χ0n) is 57.5. The molecular formula is C70H96ClF3IN11O11. The molecule has 1 spiro atoms. The number of likely N-dealkylation sites (N-methyl/N-ethyl adjacent to an activating group) is 6. The molecule has 0 bridgehead atoms. The number of rotatable bonds is 10. The third-order valence-electron chi connectivity index (χ3n) is 20.9. The van der Waals surface area contributed by atoms with E-state index in [9.17, 15) is 46.7 Å². The van der Waals surface area contributed by atoms with Crippen molar-refractivity contribution in [1.82, 2.24) is 55.1 Å². The summed E-state index contributed by atoms with van der Waals surface area (Å²) in [6.45, 7) is 6.31. The first-order chi connectivity index (χ1) is 45.8. The van der Waals surface area contributed by atoms with Crippen molar-refractivity contribution >= 4 is 99.2 Å². The second-order valence-electron chi connectivity index (χ2n) is 27.3. The van der Waals surface area contributed by atoms with Crippen molar-refractivity contribution in [2.45, 2.75) is 216 Å². The van der Waals surface area contributed by atoms with Crippen LogP contribution < -0.4 is 16.0 Å². The molecule has 11 amide bonds. The summed E-state index contributed by atoms with van der Waals surface area (Å²) in [7, 11) is 8.75. The molecule has 0 unspecified atom stereocenters. The second kappa shape index (κ2) is 33.7. The van der Waals surface area contributed by atoms with Gasteiger partial charge in [0.2, 0.25) is 65.0 Å². The zero-order valence-corrected chi connectivity index (χ0v) is 60.4. The van der Waals surface area contributed by atoms with Gasteiger partial charge in [-0.25, -0.2) is 0 Å². The average molecular weight is 1490 g/mol. The van der Waals surface area contributed by atoms with Crippen LogP contribution in [0.3, 0.4) is 0 Å². The molecule has 2 aromatic rings. The smallest absolute Gasteiger partial charge is 0.343 e. The number of nitrogens with zero attached hydrogens (tertiary/aromatic N) is 8. The Kier molecular flexibility index (Phi) is 26.9. The van der Waals surface area contributed by atoms with Crippen molar-refractivity contribution in [1.29, 1.82) is 0 Å². The molecule has 532 valence electrons. The maximum absolute atomic E-state index is 15.5. The Labute approximate surface area is 586 Å². The van der Waals surface area contributed by atoms with Crippen LogP contribution in [0, 0.1) is 27.7 Å². The summed E-state index contributed by atoms with van der Waals surface area (Å²) in [6, 6.07) is 0.0938. The first-order valence-electron chi connectivity index (χ1n) is 33.9. The van der Waals surface area contributed by atoms with Gasteiger partial charge in [-0.3, -0.25) is 52.7 Å². The van der Waals surface area contributed by atoms with E-state index >= 15 is 19.2 Å². The summed E-state index contributed by atoms with van der Waals surface area (Å²) in [5.74, 6) is -5.06. The number of benzene rings is 2. The van der Waals surface area contributed by atoms with E-state index in [1.807, 2.05) is 19.1 Å². The maximum atomic E-state index is 15.5. The normalized spacial score (nSPS) is 27.1. The van der Waals surface area contributed by atoms with Crippen LogP contribution in [0.1, 0.15) is 154 Å². The third-order valence-corrected chi connectivity index (χ3v) is 21.9. The molecule has 22 nitrogen and oxygen atoms in total. The van der Waals surface area contributed by atoms with Gasteiger partial charge in [0.1, 0.15) is 53.9 Å². The lowest BCUT2D eigenvalue weighted by atomic mass is 9.81. The van der Waals surface area contributed by atoms with Gasteiger partial charge < -0.3 is 55.1 Å². The van der Waals surface area contributed by atoms with Crippen LogP contribution in [-0.2, 0) is 71.8 Å². The van der Waals surface area contributed by atoms with Crippen LogP contribution in [0.2, 0.25) is 5.02 Å². The predicted molar refractivity (Wildman–Crippen MR) is 366 cm³/mol. The van der Waals surface area contributed by atoms with Gasteiger partial charge >= 0.3 is 6.18 Å². The zero-order chi connectivity index (χ0) is 71.5. The number of aryl methyl sites for hydroxylation is 1. The highest BCUT2D eigenvalue weighted by molar-refractivity contribution is 14.1. The van der Waals surface area contributed by atoms with Crippen molar-refractivity contribution in [2.75, 3.05) is 61.9 Å². The van der Waals surface area contributed by atoms with Crippen LogP contribution in [0.5, 0.6) is 0 Å². The van der Waals surface area contributed by atoms with Crippen molar-refractivity contribution < 1.29 is 65.9 Å². The maximum Gasteiger partial charge on any atom is 0.417 e. The van der Waals surface area contributed by atoms with Gasteiger partial charge in [-0.15, -0.1) is 12.3 Å². The average Bonchev–Trinajstić information content (AvgIpc) is 0.847. The van der Waals surface area contributed by atoms with Crippen LogP contribution in [0.4, 0.5) is 13.2 Å². The standard InChI is InChI=1S/C70H96ClF3IN11O11/c1-12-14-23-52-60(89)77-58(42(3)13-2)66(95)81(8)44(5)62(91)86-37-33-54(86)65(94)83(10)55(40-46-25-29-48(75)30-26-46)64(93)79(6)41-56(87)76-51(32-28-45-27-31-49(50(71)39-45)70(72,73)74)63(92)85-36-20-24-53(85)61(90)78-69(34-18-19-35-69)68(97)84(11)59(47-21-16-15-17-22-47)67(96)80(7)43(4)38-57(88)82(52)9/h1,25-27,29-31,39,42-44,47,51-55,58-59H,13-24,28,32-38,40-41H2,2-11H3,(H,76,87)(H,77,89)(H,78,90)/t42-,43+,44-,51-,52-,53-,54-,55-,58-,59-/m0/s1. The number of carbonyl (C=O) groups is 11. The molecule has 0 aromatic heterocycles. The molecule has 3 saturated heterocycles. The minimum Gasteiger partial charge on any atom is -0.343 e. The molecule has 3 heterocycles. The van der Waals surface area contributed by atoms with Gasteiger partial charge in [-0.2, -0.15) is 13.2 Å². The summed E-state index contributed by atoms with van der Waals surface area (Å²) in [5.41, 5.74) is -1.63. The summed E-state index contributed by atoms with van der Waals surface area (Å²) >= 11 is 8.28. The fraction of sp³-hybridized carbons (Fsp3) is 0.643. The Balaban J connectivity index is 1.27. The number of carbonyl (C=O) groups excluding carboxylic acids is 11. The molecule has 2 saturated carbocycles. The van der Waals surface area contributed by atoms with Gasteiger partial charge in [0.05, 0.1) is 17.1 Å². The quantitative estimate of drug-likeness (QED) is 0.178. The summed E-state index contributed by atoms with van der Waals surface area (Å²) in [6.07, 6.45) is 6.88. The highest BCUT2D eigenvalue weighted by Crippen LogP contribution is 2.38. The Morgan fingerprint density at radius 2 is 1.31 bits per heavy atom. The van der Waals surface area contributed by atoms with Crippen molar-refractivity contribution in [3.8, 4) is 12.3 Å². The molecule has 0 radical (unpaired) electrons. The van der Waals surface area contributed by atoms with E-state index in [4.69, 9.17) is 18.0 Å². The van der Waals surface area contributed by atoms with E-state index < -0.39 is 154 Å². The van der Waals surface area contributed by atoms with E-state index in [0.29, 0.717) is 49.7 Å². The summed E-state index contributed by atoms with van der Waals surface area (Å²) in [4.78, 5) is 174. The SMILES string of the molecule is C#CCC[C@H]1C(=O)N[C@@H]([C@@H](C)CC)C(=O)N(C)[C@@H](C)C(=O)N2CC[C@H]2C(=O)N(C)[C@@H](Cc2ccc(I)cc2)C(=O)N(C)CC(=O)N[C@@H](CCc2ccc(C(F)(F)F)c(Cl)c2)C(=O)N2CCC[C@H]2C(=O)NC2(CCCC2)C(=O)N(C)[C@@H](C2CCCCC2)C(=O)N(C)[C@H](C)CC(=O)N1C. The first-order valence-corrected chi connectivity index (χ1v) is 35.4. The number of hydrogen-bond acceptors (Lipinski definition) is 11. The number of nitrogens with one attached hydrogen (secondary N) is 3. The molecule has 7 rings (SSSR count). The Bertz CT molecular complexity index is 3290. The van der Waals surface area contributed by atoms with Gasteiger partial charge in [-0.05, 0) is 148 Å². The number of halogens is 5. The molecule has 3 aliphatic heterocycles. The Hall–Kier alpha value is -7.02. The fourth-order valence-electron chi connectivity index (χ4n) is 14.2. The summed E-state index contributed by atoms with van der Waals surface area (Å²) < 4.78 is 42.5. The first kappa shape index (κ1) is 77.3. The third kappa shape index (κ3) is 18.3. The van der Waals surface area contributed by atoms with Crippen LogP contribution >= 0.6 is 34.2 Å². The summed E-state index contributed by atoms with van der Waals surface area (Å²) in [5, 5.41) is 8.14. The molecule has 3 N–H and O–H groups in total. The number of amides is 11. The molecule has 10 atom stereocenters. The Morgan fingerprint density at radius 3 is 1.91 bits per heavy atom. The molecule has 2 aromatic carbocycles. The van der Waals surface area contributed by atoms with Crippen molar-refractivity contribution in [3.63, 3.8) is 0 Å². The molecule has 2 aliphatic carbocycles. The molecular weight excluding hydrogens is 1390 g/mol. The van der Waals surface area contributed by atoms with E-state index in [-0.39, 0.29) is 83.2 Å². The fourth-order valence-corrected chi connectivity index (χ4v) is 14.9. The molecule has 97 heavy (non-hydrogen) atoms. The van der Waals surface area contributed by atoms with Crippen LogP contribution in [-0.4, -0.2) is 226 Å². The highest BCUT2D eigenvalue weighted by atomic mass is 127. The van der Waals surface area contributed by atoms with Gasteiger partial charge in [0.25, 0.3) is 0 Å².